The second-order valence-corrected chi connectivity index (χ2v) is 5.60. The maximum Gasteiger partial charge on any atom is 0.316 e. The van der Waals surface area contributed by atoms with Crippen molar-refractivity contribution in [2.75, 3.05) is 0 Å². The zero-order chi connectivity index (χ0) is 14.5. The Hall–Kier alpha value is -1.73. The Morgan fingerprint density at radius 1 is 1.55 bits per heavy atom. The predicted octanol–water partition coefficient (Wildman–Crippen LogP) is 2.60. The number of carboxylic acid groups (broad SMARTS) is 1. The van der Waals surface area contributed by atoms with Gasteiger partial charge in [-0.3, -0.25) is 9.89 Å². The smallest absolute Gasteiger partial charge is 0.316 e. The zero-order valence-corrected chi connectivity index (χ0v) is 12.1. The Morgan fingerprint density at radius 3 is 3.00 bits per heavy atom. The van der Waals surface area contributed by atoms with Crippen molar-refractivity contribution in [1.29, 1.82) is 0 Å². The van der Waals surface area contributed by atoms with E-state index in [1.54, 1.807) is 19.1 Å². The van der Waals surface area contributed by atoms with Crippen LogP contribution in [-0.4, -0.2) is 31.5 Å². The van der Waals surface area contributed by atoms with Crippen LogP contribution in [0.1, 0.15) is 12.7 Å². The average Bonchev–Trinajstić information content (AvgIpc) is 2.85. The molecule has 2 rings (SSSR count). The Bertz CT molecular complexity index is 605. The molecule has 0 radical (unpaired) electrons. The zero-order valence-electron chi connectivity index (χ0n) is 10.5. The minimum atomic E-state index is -0.909. The van der Waals surface area contributed by atoms with Gasteiger partial charge in [-0.25, -0.2) is 4.98 Å². The van der Waals surface area contributed by atoms with Gasteiger partial charge in [0.25, 0.3) is 0 Å². The first-order valence-corrected chi connectivity index (χ1v) is 7.00. The summed E-state index contributed by atoms with van der Waals surface area (Å²) in [4.78, 5) is 14.9. The molecule has 0 aliphatic heterocycles. The molecular formula is C12H12ClN3O3S. The Kier molecular flexibility index (Phi) is 4.86. The molecule has 20 heavy (non-hydrogen) atoms. The molecule has 0 spiro atoms. The molecule has 1 atom stereocenters. The Labute approximate surface area is 124 Å². The number of rotatable bonds is 6. The summed E-state index contributed by atoms with van der Waals surface area (Å²) in [6, 6.07) is 7.11. The van der Waals surface area contributed by atoms with E-state index in [1.165, 1.54) is 0 Å². The maximum atomic E-state index is 10.7. The summed E-state index contributed by atoms with van der Waals surface area (Å²) < 4.78 is 5.50. The molecule has 2 N–H and O–H groups in total. The number of nitrogens with zero attached hydrogens (tertiary/aromatic N) is 2. The number of benzene rings is 1. The van der Waals surface area contributed by atoms with Gasteiger partial charge in [-0.2, -0.15) is 0 Å². The number of hydrogen-bond donors (Lipinski definition) is 2. The number of halogens is 1. The first-order chi connectivity index (χ1) is 9.56. The van der Waals surface area contributed by atoms with Gasteiger partial charge in [-0.05, 0) is 19.1 Å². The number of hydrogen-bond acceptors (Lipinski definition) is 5. The van der Waals surface area contributed by atoms with Gasteiger partial charge in [0.15, 0.2) is 5.82 Å². The minimum absolute atomic E-state index is 0.179. The third-order valence-corrected chi connectivity index (χ3v) is 3.60. The Morgan fingerprint density at radius 2 is 2.30 bits per heavy atom. The lowest BCUT2D eigenvalue weighted by Gasteiger charge is -2.05. The fraction of sp³-hybridized carbons (Fsp3) is 0.250. The number of aromatic nitrogens is 3. The molecule has 0 bridgehead atoms. The van der Waals surface area contributed by atoms with E-state index in [4.69, 9.17) is 21.4 Å². The van der Waals surface area contributed by atoms with Crippen molar-refractivity contribution in [1.82, 2.24) is 15.2 Å². The van der Waals surface area contributed by atoms with Crippen molar-refractivity contribution >= 4 is 29.3 Å². The van der Waals surface area contributed by atoms with E-state index in [0.29, 0.717) is 21.8 Å². The van der Waals surface area contributed by atoms with Crippen molar-refractivity contribution in [2.45, 2.75) is 23.9 Å². The van der Waals surface area contributed by atoms with Crippen LogP contribution in [0.3, 0.4) is 0 Å². The highest BCUT2D eigenvalue weighted by Crippen LogP contribution is 2.24. The van der Waals surface area contributed by atoms with Gasteiger partial charge in [-0.1, -0.05) is 35.5 Å². The number of ether oxygens (including phenoxy) is 1. The lowest BCUT2D eigenvalue weighted by Crippen LogP contribution is -2.11. The largest absolute Gasteiger partial charge is 0.484 e. The minimum Gasteiger partial charge on any atom is -0.484 e. The van der Waals surface area contributed by atoms with E-state index in [2.05, 4.69) is 15.2 Å². The molecular weight excluding hydrogens is 302 g/mol. The molecule has 2 aromatic rings. The van der Waals surface area contributed by atoms with E-state index >= 15 is 0 Å². The average molecular weight is 314 g/mol. The van der Waals surface area contributed by atoms with Crippen LogP contribution in [0.4, 0.5) is 0 Å². The summed E-state index contributed by atoms with van der Waals surface area (Å²) in [7, 11) is 0. The van der Waals surface area contributed by atoms with Crippen LogP contribution in [0, 0.1) is 0 Å². The molecule has 6 nitrogen and oxygen atoms in total. The number of carboxylic acids is 1. The van der Waals surface area contributed by atoms with Crippen molar-refractivity contribution in [3.8, 4) is 5.75 Å². The molecule has 0 saturated heterocycles. The molecule has 0 amide bonds. The SMILES string of the molecule is CC(Sc1n[nH]c(COc2ccccc2Cl)n1)C(=O)O. The molecule has 0 aliphatic carbocycles. The number of H-pyrrole nitrogens is 1. The van der Waals surface area contributed by atoms with E-state index < -0.39 is 11.2 Å². The van der Waals surface area contributed by atoms with Gasteiger partial charge in [-0.15, -0.1) is 5.10 Å². The summed E-state index contributed by atoms with van der Waals surface area (Å²) >= 11 is 7.02. The highest BCUT2D eigenvalue weighted by atomic mass is 35.5. The van der Waals surface area contributed by atoms with Crippen LogP contribution in [0.15, 0.2) is 29.4 Å². The van der Waals surface area contributed by atoms with Gasteiger partial charge in [0.05, 0.1) is 5.02 Å². The van der Waals surface area contributed by atoms with Crippen LogP contribution in [0.5, 0.6) is 5.75 Å². The first kappa shape index (κ1) is 14.7. The summed E-state index contributed by atoms with van der Waals surface area (Å²) in [6.07, 6.45) is 0. The van der Waals surface area contributed by atoms with Crippen molar-refractivity contribution < 1.29 is 14.6 Å². The number of para-hydroxylation sites is 1. The molecule has 0 aliphatic rings. The molecule has 1 unspecified atom stereocenters. The number of aromatic amines is 1. The van der Waals surface area contributed by atoms with Crippen LogP contribution >= 0.6 is 23.4 Å². The van der Waals surface area contributed by atoms with Crippen molar-refractivity contribution in [3.63, 3.8) is 0 Å². The Balaban J connectivity index is 1.93. The van der Waals surface area contributed by atoms with Crippen LogP contribution in [-0.2, 0) is 11.4 Å². The number of aliphatic carboxylic acids is 1. The van der Waals surface area contributed by atoms with Gasteiger partial charge < -0.3 is 9.84 Å². The number of carbonyl (C=O) groups is 1. The van der Waals surface area contributed by atoms with Crippen LogP contribution in [0.25, 0.3) is 0 Å². The number of thioether (sulfide) groups is 1. The molecule has 1 aromatic carbocycles. The third-order valence-electron chi connectivity index (χ3n) is 2.34. The summed E-state index contributed by atoms with van der Waals surface area (Å²) in [5.74, 6) is 0.150. The monoisotopic (exact) mass is 313 g/mol. The van der Waals surface area contributed by atoms with Crippen molar-refractivity contribution in [3.05, 3.63) is 35.1 Å². The molecule has 106 valence electrons. The quantitative estimate of drug-likeness (QED) is 0.797. The van der Waals surface area contributed by atoms with E-state index in [1.807, 2.05) is 12.1 Å². The first-order valence-electron chi connectivity index (χ1n) is 5.74. The second-order valence-electron chi connectivity index (χ2n) is 3.88. The summed E-state index contributed by atoms with van der Waals surface area (Å²) in [5.41, 5.74) is 0. The molecule has 1 aromatic heterocycles. The number of nitrogens with one attached hydrogen (secondary N) is 1. The maximum absolute atomic E-state index is 10.7. The highest BCUT2D eigenvalue weighted by molar-refractivity contribution is 8.00. The third kappa shape index (κ3) is 3.88. The summed E-state index contributed by atoms with van der Waals surface area (Å²) in [6.45, 7) is 1.75. The highest BCUT2D eigenvalue weighted by Gasteiger charge is 2.15. The second kappa shape index (κ2) is 6.62. The normalized spacial score (nSPS) is 12.1. The van der Waals surface area contributed by atoms with E-state index in [0.717, 1.165) is 11.8 Å². The fourth-order valence-corrected chi connectivity index (χ4v) is 2.18. The molecule has 0 saturated carbocycles. The lowest BCUT2D eigenvalue weighted by atomic mass is 10.3. The van der Waals surface area contributed by atoms with Gasteiger partial charge in [0, 0.05) is 0 Å². The van der Waals surface area contributed by atoms with Crippen molar-refractivity contribution in [2.24, 2.45) is 0 Å². The topological polar surface area (TPSA) is 88.1 Å². The van der Waals surface area contributed by atoms with E-state index in [9.17, 15) is 4.79 Å². The fourth-order valence-electron chi connectivity index (χ4n) is 1.31. The molecule has 1 heterocycles. The lowest BCUT2D eigenvalue weighted by molar-refractivity contribution is -0.136. The summed E-state index contributed by atoms with van der Waals surface area (Å²) in [5, 5.41) is 15.7. The molecule has 8 heteroatoms. The van der Waals surface area contributed by atoms with Crippen LogP contribution < -0.4 is 4.74 Å². The van der Waals surface area contributed by atoms with Gasteiger partial charge in [0.2, 0.25) is 5.16 Å². The predicted molar refractivity (Wildman–Crippen MR) is 75.1 cm³/mol. The van der Waals surface area contributed by atoms with Gasteiger partial charge >= 0.3 is 5.97 Å². The van der Waals surface area contributed by atoms with Gasteiger partial charge in [0.1, 0.15) is 17.6 Å². The van der Waals surface area contributed by atoms with Crippen LogP contribution in [0.2, 0.25) is 5.02 Å². The standard InChI is InChI=1S/C12H12ClN3O3S/c1-7(11(17)18)20-12-14-10(15-16-12)6-19-9-5-3-2-4-8(9)13/h2-5,7H,6H2,1H3,(H,17,18)(H,14,15,16). The molecule has 0 fully saturated rings. The van der Waals surface area contributed by atoms with E-state index in [-0.39, 0.29) is 6.61 Å².